The van der Waals surface area contributed by atoms with Crippen LogP contribution in [0.5, 0.6) is 0 Å². The number of imidazole rings is 1. The van der Waals surface area contributed by atoms with E-state index in [1.54, 1.807) is 4.57 Å². The normalized spacial score (nSPS) is 13.8. The van der Waals surface area contributed by atoms with E-state index in [2.05, 4.69) is 11.8 Å². The van der Waals surface area contributed by atoms with Gasteiger partial charge in [0.15, 0.2) is 0 Å². The van der Waals surface area contributed by atoms with E-state index < -0.39 is 0 Å². The van der Waals surface area contributed by atoms with Gasteiger partial charge in [-0.25, -0.2) is 4.79 Å². The van der Waals surface area contributed by atoms with Gasteiger partial charge in [0.2, 0.25) is 0 Å². The highest BCUT2D eigenvalue weighted by Crippen LogP contribution is 2.33. The van der Waals surface area contributed by atoms with Gasteiger partial charge < -0.3 is 5.11 Å². The molecule has 0 radical (unpaired) electrons. The molecule has 0 bridgehead atoms. The minimum atomic E-state index is -0.133. The highest BCUT2D eigenvalue weighted by molar-refractivity contribution is 5.36. The van der Waals surface area contributed by atoms with Crippen molar-refractivity contribution in [2.45, 2.75) is 25.4 Å². The van der Waals surface area contributed by atoms with Crippen molar-refractivity contribution >= 4 is 0 Å². The second kappa shape index (κ2) is 5.40. The molecule has 0 aliphatic heterocycles. The van der Waals surface area contributed by atoms with Crippen LogP contribution in [0.25, 0.3) is 0 Å². The van der Waals surface area contributed by atoms with Gasteiger partial charge in [-0.05, 0) is 30.5 Å². The van der Waals surface area contributed by atoms with Gasteiger partial charge >= 0.3 is 5.69 Å². The van der Waals surface area contributed by atoms with E-state index in [-0.39, 0.29) is 12.3 Å². The van der Waals surface area contributed by atoms with Crippen molar-refractivity contribution in [2.75, 3.05) is 6.61 Å². The lowest BCUT2D eigenvalue weighted by Gasteiger charge is -2.02. The monoisotopic (exact) mass is 268 g/mol. The maximum atomic E-state index is 12.1. The van der Waals surface area contributed by atoms with Gasteiger partial charge in [0.25, 0.3) is 0 Å². The van der Waals surface area contributed by atoms with Crippen LogP contribution in [0.15, 0.2) is 41.5 Å². The van der Waals surface area contributed by atoms with Crippen molar-refractivity contribution in [1.29, 1.82) is 0 Å². The molecule has 4 nitrogen and oxygen atoms in total. The third-order valence-electron chi connectivity index (χ3n) is 3.43. The van der Waals surface area contributed by atoms with Crippen molar-refractivity contribution in [3.63, 3.8) is 0 Å². The second-order valence-corrected chi connectivity index (χ2v) is 5.00. The predicted octanol–water partition coefficient (Wildman–Crippen LogP) is 1.38. The Morgan fingerprint density at radius 3 is 2.60 bits per heavy atom. The highest BCUT2D eigenvalue weighted by atomic mass is 16.2. The molecule has 102 valence electrons. The van der Waals surface area contributed by atoms with Gasteiger partial charge in [0.1, 0.15) is 6.61 Å². The van der Waals surface area contributed by atoms with Gasteiger partial charge in [-0.1, -0.05) is 24.0 Å². The molecule has 1 fully saturated rings. The maximum absolute atomic E-state index is 12.1. The average molecular weight is 268 g/mol. The number of benzene rings is 1. The fraction of sp³-hybridized carbons (Fsp3) is 0.312. The summed E-state index contributed by atoms with van der Waals surface area (Å²) in [6.07, 6.45) is 5.95. The molecule has 1 aliphatic carbocycles. The van der Waals surface area contributed by atoms with Crippen molar-refractivity contribution < 1.29 is 5.11 Å². The Morgan fingerprint density at radius 1 is 1.20 bits per heavy atom. The molecule has 1 saturated carbocycles. The van der Waals surface area contributed by atoms with E-state index in [0.717, 1.165) is 24.0 Å². The SMILES string of the molecule is O=c1n(Cc2ccc(C#CCO)cc2)ccn1C1CC1. The van der Waals surface area contributed by atoms with Gasteiger partial charge in [0.05, 0.1) is 6.54 Å². The van der Waals surface area contributed by atoms with Crippen LogP contribution in [0.3, 0.4) is 0 Å². The van der Waals surface area contributed by atoms with E-state index in [9.17, 15) is 4.79 Å². The van der Waals surface area contributed by atoms with Crippen LogP contribution in [0.1, 0.15) is 30.0 Å². The third-order valence-corrected chi connectivity index (χ3v) is 3.43. The molecular weight excluding hydrogens is 252 g/mol. The lowest BCUT2D eigenvalue weighted by Crippen LogP contribution is -2.23. The highest BCUT2D eigenvalue weighted by Gasteiger charge is 2.25. The van der Waals surface area contributed by atoms with Crippen LogP contribution in [0, 0.1) is 11.8 Å². The summed E-state index contributed by atoms with van der Waals surface area (Å²) in [4.78, 5) is 12.1. The number of aliphatic hydroxyl groups is 1. The Hall–Kier alpha value is -2.25. The summed E-state index contributed by atoms with van der Waals surface area (Å²) >= 11 is 0. The van der Waals surface area contributed by atoms with E-state index in [4.69, 9.17) is 5.11 Å². The third kappa shape index (κ3) is 2.68. The minimum absolute atomic E-state index is 0.0663. The van der Waals surface area contributed by atoms with Gasteiger partial charge in [0, 0.05) is 24.0 Å². The first kappa shape index (κ1) is 12.8. The second-order valence-electron chi connectivity index (χ2n) is 5.00. The summed E-state index contributed by atoms with van der Waals surface area (Å²) in [5.41, 5.74) is 2.00. The summed E-state index contributed by atoms with van der Waals surface area (Å²) < 4.78 is 3.55. The smallest absolute Gasteiger partial charge is 0.328 e. The van der Waals surface area contributed by atoms with Crippen molar-refractivity contribution in [3.8, 4) is 11.8 Å². The zero-order valence-electron chi connectivity index (χ0n) is 11.1. The Labute approximate surface area is 117 Å². The fourth-order valence-corrected chi connectivity index (χ4v) is 2.21. The van der Waals surface area contributed by atoms with Gasteiger partial charge in [-0.3, -0.25) is 9.13 Å². The number of nitrogens with zero attached hydrogens (tertiary/aromatic N) is 2. The number of hydrogen-bond donors (Lipinski definition) is 1. The van der Waals surface area contributed by atoms with Crippen LogP contribution >= 0.6 is 0 Å². The Morgan fingerprint density at radius 2 is 1.95 bits per heavy atom. The molecule has 0 amide bonds. The van der Waals surface area contributed by atoms with E-state index in [1.807, 2.05) is 41.2 Å². The first-order valence-corrected chi connectivity index (χ1v) is 6.74. The average Bonchev–Trinajstić information content (AvgIpc) is 3.24. The Balaban J connectivity index is 1.76. The lowest BCUT2D eigenvalue weighted by molar-refractivity contribution is 0.350. The standard InChI is InChI=1S/C16H16N2O2/c19-11-1-2-13-3-5-14(6-4-13)12-17-9-10-18(16(17)20)15-7-8-15/h3-6,9-10,15,19H,7-8,11-12H2. The molecule has 0 saturated heterocycles. The number of aromatic nitrogens is 2. The summed E-state index contributed by atoms with van der Waals surface area (Å²) in [5.74, 6) is 5.46. The molecule has 2 aromatic rings. The van der Waals surface area contributed by atoms with Crippen molar-refractivity contribution in [2.24, 2.45) is 0 Å². The molecule has 0 atom stereocenters. The molecule has 1 aliphatic rings. The van der Waals surface area contributed by atoms with Gasteiger partial charge in [-0.15, -0.1) is 0 Å². The molecule has 1 heterocycles. The Bertz CT molecular complexity index is 709. The van der Waals surface area contributed by atoms with E-state index in [0.29, 0.717) is 12.6 Å². The summed E-state index contributed by atoms with van der Waals surface area (Å²) in [5, 5.41) is 8.65. The zero-order valence-corrected chi connectivity index (χ0v) is 11.1. The number of rotatable bonds is 3. The van der Waals surface area contributed by atoms with Crippen LogP contribution in [0.2, 0.25) is 0 Å². The molecule has 3 rings (SSSR count). The molecule has 0 unspecified atom stereocenters. The largest absolute Gasteiger partial charge is 0.384 e. The number of aliphatic hydroxyl groups excluding tert-OH is 1. The summed E-state index contributed by atoms with van der Waals surface area (Å²) in [6, 6.07) is 8.15. The molecule has 0 spiro atoms. The zero-order chi connectivity index (χ0) is 13.9. The van der Waals surface area contributed by atoms with Crippen LogP contribution in [-0.4, -0.2) is 20.8 Å². The Kier molecular flexibility index (Phi) is 3.44. The molecule has 1 N–H and O–H groups in total. The van der Waals surface area contributed by atoms with Crippen molar-refractivity contribution in [3.05, 3.63) is 58.3 Å². The van der Waals surface area contributed by atoms with E-state index >= 15 is 0 Å². The minimum Gasteiger partial charge on any atom is -0.384 e. The van der Waals surface area contributed by atoms with Crippen LogP contribution in [-0.2, 0) is 6.54 Å². The summed E-state index contributed by atoms with van der Waals surface area (Å²) in [6.45, 7) is 0.443. The van der Waals surface area contributed by atoms with Gasteiger partial charge in [-0.2, -0.15) is 0 Å². The lowest BCUT2D eigenvalue weighted by atomic mass is 10.1. The first-order valence-electron chi connectivity index (χ1n) is 6.74. The maximum Gasteiger partial charge on any atom is 0.328 e. The van der Waals surface area contributed by atoms with Crippen LogP contribution in [0.4, 0.5) is 0 Å². The topological polar surface area (TPSA) is 47.2 Å². The molecule has 1 aromatic heterocycles. The molecular formula is C16H16N2O2. The predicted molar refractivity (Wildman–Crippen MR) is 76.5 cm³/mol. The first-order chi connectivity index (χ1) is 9.78. The van der Waals surface area contributed by atoms with Crippen molar-refractivity contribution in [1.82, 2.24) is 9.13 Å². The van der Waals surface area contributed by atoms with E-state index in [1.165, 1.54) is 0 Å². The molecule has 1 aromatic carbocycles. The quantitative estimate of drug-likeness (QED) is 0.855. The summed E-state index contributed by atoms with van der Waals surface area (Å²) in [7, 11) is 0. The fourth-order valence-electron chi connectivity index (χ4n) is 2.21. The van der Waals surface area contributed by atoms with Crippen LogP contribution < -0.4 is 5.69 Å². The number of hydrogen-bond acceptors (Lipinski definition) is 2. The molecule has 4 heteroatoms. The molecule has 20 heavy (non-hydrogen) atoms.